The van der Waals surface area contributed by atoms with Crippen LogP contribution in [-0.4, -0.2) is 17.7 Å². The molecule has 1 amide bonds. The van der Waals surface area contributed by atoms with E-state index in [0.29, 0.717) is 23.8 Å². The van der Waals surface area contributed by atoms with Crippen LogP contribution in [0.15, 0.2) is 40.9 Å². The smallest absolute Gasteiger partial charge is 0.257 e. The SMILES string of the molecule is Cc1onc(-c2c(F)cccc2Cl)c1C(=O)NC1CCOc2c(Cl)cccc21. The van der Waals surface area contributed by atoms with Gasteiger partial charge in [-0.3, -0.25) is 4.79 Å². The molecule has 0 bridgehead atoms. The van der Waals surface area contributed by atoms with Crippen molar-refractivity contribution in [2.45, 2.75) is 19.4 Å². The van der Waals surface area contributed by atoms with Crippen LogP contribution in [0.3, 0.4) is 0 Å². The van der Waals surface area contributed by atoms with Gasteiger partial charge in [0.25, 0.3) is 5.91 Å². The summed E-state index contributed by atoms with van der Waals surface area (Å²) in [5, 5.41) is 7.45. The molecule has 0 aliphatic carbocycles. The second-order valence-electron chi connectivity index (χ2n) is 6.38. The van der Waals surface area contributed by atoms with E-state index in [-0.39, 0.29) is 33.6 Å². The molecule has 1 N–H and O–H groups in total. The fourth-order valence-corrected chi connectivity index (χ4v) is 3.79. The van der Waals surface area contributed by atoms with E-state index < -0.39 is 11.7 Å². The lowest BCUT2D eigenvalue weighted by Crippen LogP contribution is -2.32. The van der Waals surface area contributed by atoms with Crippen LogP contribution in [0.25, 0.3) is 11.3 Å². The molecule has 0 saturated heterocycles. The minimum atomic E-state index is -0.585. The maximum Gasteiger partial charge on any atom is 0.257 e. The molecule has 3 aromatic rings. The van der Waals surface area contributed by atoms with Gasteiger partial charge in [0.2, 0.25) is 0 Å². The first-order chi connectivity index (χ1) is 13.5. The Kier molecular flexibility index (Phi) is 5.00. The fraction of sp³-hybridized carbons (Fsp3) is 0.200. The number of fused-ring (bicyclic) bond motifs is 1. The van der Waals surface area contributed by atoms with Crippen LogP contribution in [-0.2, 0) is 0 Å². The van der Waals surface area contributed by atoms with Gasteiger partial charge in [0.1, 0.15) is 28.6 Å². The first kappa shape index (κ1) is 18.8. The molecule has 1 unspecified atom stereocenters. The molecule has 0 saturated carbocycles. The van der Waals surface area contributed by atoms with E-state index in [1.165, 1.54) is 18.2 Å². The van der Waals surface area contributed by atoms with E-state index in [0.717, 1.165) is 5.56 Å². The zero-order valence-corrected chi connectivity index (χ0v) is 16.3. The number of rotatable bonds is 3. The average molecular weight is 421 g/mol. The van der Waals surface area contributed by atoms with Crippen molar-refractivity contribution in [3.05, 3.63) is 69.1 Å². The Morgan fingerprint density at radius 1 is 1.21 bits per heavy atom. The molecule has 1 aliphatic heterocycles. The Labute approximate surface area is 170 Å². The summed E-state index contributed by atoms with van der Waals surface area (Å²) in [6.07, 6.45) is 0.569. The predicted molar refractivity (Wildman–Crippen MR) is 103 cm³/mol. The van der Waals surface area contributed by atoms with Gasteiger partial charge in [0, 0.05) is 12.0 Å². The van der Waals surface area contributed by atoms with Crippen LogP contribution in [0.2, 0.25) is 10.0 Å². The van der Waals surface area contributed by atoms with Gasteiger partial charge >= 0.3 is 0 Å². The van der Waals surface area contributed by atoms with E-state index >= 15 is 0 Å². The Morgan fingerprint density at radius 2 is 1.96 bits per heavy atom. The lowest BCUT2D eigenvalue weighted by Gasteiger charge is -2.27. The minimum absolute atomic E-state index is 0.0292. The normalized spacial score (nSPS) is 15.6. The van der Waals surface area contributed by atoms with Crippen molar-refractivity contribution < 1.29 is 18.4 Å². The highest BCUT2D eigenvalue weighted by molar-refractivity contribution is 6.33. The van der Waals surface area contributed by atoms with Crippen LogP contribution < -0.4 is 10.1 Å². The Balaban J connectivity index is 1.70. The average Bonchev–Trinajstić information content (AvgIpc) is 3.04. The second kappa shape index (κ2) is 7.45. The van der Waals surface area contributed by atoms with Crippen molar-refractivity contribution in [1.82, 2.24) is 10.5 Å². The van der Waals surface area contributed by atoms with Crippen LogP contribution in [0.5, 0.6) is 5.75 Å². The van der Waals surface area contributed by atoms with Gasteiger partial charge in [-0.2, -0.15) is 0 Å². The zero-order valence-electron chi connectivity index (χ0n) is 14.8. The van der Waals surface area contributed by atoms with Gasteiger partial charge in [-0.25, -0.2) is 4.39 Å². The minimum Gasteiger partial charge on any atom is -0.492 e. The zero-order chi connectivity index (χ0) is 19.8. The summed E-state index contributed by atoms with van der Waals surface area (Å²) >= 11 is 12.3. The number of amides is 1. The summed E-state index contributed by atoms with van der Waals surface area (Å²) in [7, 11) is 0. The molecule has 5 nitrogen and oxygen atoms in total. The van der Waals surface area contributed by atoms with Crippen molar-refractivity contribution in [2.75, 3.05) is 6.61 Å². The molecule has 4 rings (SSSR count). The molecule has 0 radical (unpaired) electrons. The van der Waals surface area contributed by atoms with Gasteiger partial charge < -0.3 is 14.6 Å². The second-order valence-corrected chi connectivity index (χ2v) is 7.19. The van der Waals surface area contributed by atoms with Gasteiger partial charge in [0.15, 0.2) is 0 Å². The number of carbonyl (C=O) groups is 1. The third-order valence-electron chi connectivity index (χ3n) is 4.62. The van der Waals surface area contributed by atoms with Crippen molar-refractivity contribution in [1.29, 1.82) is 0 Å². The molecule has 144 valence electrons. The first-order valence-corrected chi connectivity index (χ1v) is 9.35. The molecule has 2 heterocycles. The number of para-hydroxylation sites is 1. The summed E-state index contributed by atoms with van der Waals surface area (Å²) < 4.78 is 25.2. The van der Waals surface area contributed by atoms with Crippen LogP contribution in [0.1, 0.15) is 34.1 Å². The summed E-state index contributed by atoms with van der Waals surface area (Å²) in [4.78, 5) is 13.1. The Bertz CT molecular complexity index is 1050. The number of nitrogens with one attached hydrogen (secondary N) is 1. The molecule has 0 spiro atoms. The highest BCUT2D eigenvalue weighted by Gasteiger charge is 2.29. The molecular weight excluding hydrogens is 406 g/mol. The number of ether oxygens (including phenoxy) is 1. The molecular formula is C20H15Cl2FN2O3. The highest BCUT2D eigenvalue weighted by Crippen LogP contribution is 2.38. The first-order valence-electron chi connectivity index (χ1n) is 8.60. The Hall–Kier alpha value is -2.57. The predicted octanol–water partition coefficient (Wildman–Crippen LogP) is 5.35. The van der Waals surface area contributed by atoms with Gasteiger partial charge in [-0.05, 0) is 25.1 Å². The highest BCUT2D eigenvalue weighted by atomic mass is 35.5. The van der Waals surface area contributed by atoms with Crippen molar-refractivity contribution in [3.63, 3.8) is 0 Å². The number of hydrogen-bond donors (Lipinski definition) is 1. The lowest BCUT2D eigenvalue weighted by atomic mass is 9.99. The monoisotopic (exact) mass is 420 g/mol. The maximum absolute atomic E-state index is 14.4. The molecule has 8 heteroatoms. The third kappa shape index (κ3) is 3.23. The Morgan fingerprint density at radius 3 is 2.75 bits per heavy atom. The number of nitrogens with zero attached hydrogens (tertiary/aromatic N) is 1. The number of halogens is 3. The van der Waals surface area contributed by atoms with Gasteiger partial charge in [0.05, 0.1) is 28.3 Å². The number of carbonyl (C=O) groups excluding carboxylic acids is 1. The lowest BCUT2D eigenvalue weighted by molar-refractivity contribution is 0.0924. The largest absolute Gasteiger partial charge is 0.492 e. The quantitative estimate of drug-likeness (QED) is 0.619. The molecule has 1 aliphatic rings. The third-order valence-corrected chi connectivity index (χ3v) is 5.23. The van der Waals surface area contributed by atoms with E-state index in [9.17, 15) is 9.18 Å². The topological polar surface area (TPSA) is 64.4 Å². The van der Waals surface area contributed by atoms with Crippen LogP contribution >= 0.6 is 23.2 Å². The molecule has 1 atom stereocenters. The van der Waals surface area contributed by atoms with Crippen LogP contribution in [0, 0.1) is 12.7 Å². The van der Waals surface area contributed by atoms with Gasteiger partial charge in [-0.1, -0.05) is 46.6 Å². The van der Waals surface area contributed by atoms with Crippen molar-refractivity contribution in [3.8, 4) is 17.0 Å². The van der Waals surface area contributed by atoms with E-state index in [1.807, 2.05) is 6.07 Å². The maximum atomic E-state index is 14.4. The summed E-state index contributed by atoms with van der Waals surface area (Å²) in [5.41, 5.74) is 1.02. The summed E-state index contributed by atoms with van der Waals surface area (Å²) in [5.74, 6) is -0.200. The van der Waals surface area contributed by atoms with Crippen LogP contribution in [0.4, 0.5) is 4.39 Å². The molecule has 1 aromatic heterocycles. The van der Waals surface area contributed by atoms with E-state index in [4.69, 9.17) is 32.5 Å². The molecule has 28 heavy (non-hydrogen) atoms. The summed E-state index contributed by atoms with van der Waals surface area (Å²) in [6, 6.07) is 9.33. The summed E-state index contributed by atoms with van der Waals surface area (Å²) in [6.45, 7) is 2.01. The van der Waals surface area contributed by atoms with Crippen molar-refractivity contribution >= 4 is 29.1 Å². The number of benzene rings is 2. The molecule has 0 fully saturated rings. The number of hydrogen-bond acceptors (Lipinski definition) is 4. The standard InChI is InChI=1S/C20H15Cl2FN2O3/c1-10-16(18(25-28-10)17-12(21)5-3-7-14(17)23)20(26)24-15-8-9-27-19-11(15)4-2-6-13(19)22/h2-7,15H,8-9H2,1H3,(H,24,26). The number of aromatic nitrogens is 1. The number of aryl methyl sites for hydroxylation is 1. The van der Waals surface area contributed by atoms with Crippen molar-refractivity contribution in [2.24, 2.45) is 0 Å². The van der Waals surface area contributed by atoms with E-state index in [2.05, 4.69) is 10.5 Å². The van der Waals surface area contributed by atoms with E-state index in [1.54, 1.807) is 19.1 Å². The van der Waals surface area contributed by atoms with Gasteiger partial charge in [-0.15, -0.1) is 0 Å². The fourth-order valence-electron chi connectivity index (χ4n) is 3.30. The molecule has 2 aromatic carbocycles.